The van der Waals surface area contributed by atoms with Gasteiger partial charge >= 0.3 is 0 Å². The Balaban J connectivity index is 1.57. The minimum atomic E-state index is 0.713. The van der Waals surface area contributed by atoms with Gasteiger partial charge in [-0.05, 0) is 50.1 Å². The third-order valence-corrected chi connectivity index (χ3v) is 4.21. The molecule has 0 spiro atoms. The minimum Gasteiger partial charge on any atom is -0.311 e. The molecule has 5 nitrogen and oxygen atoms in total. The molecule has 0 fully saturated rings. The molecule has 0 amide bonds. The predicted octanol–water partition coefficient (Wildman–Crippen LogP) is 2.98. The molecule has 0 aromatic carbocycles. The molecule has 0 saturated heterocycles. The first-order chi connectivity index (χ1) is 10.2. The Morgan fingerprint density at radius 1 is 1.19 bits per heavy atom. The number of aromatic nitrogens is 4. The fraction of sp³-hybridized carbons (Fsp3) is 0.214. The Kier molecular flexibility index (Phi) is 4.62. The average molecular weight is 411 g/mol. The van der Waals surface area contributed by atoms with Crippen LogP contribution in [0, 0.1) is 0 Å². The van der Waals surface area contributed by atoms with E-state index in [1.807, 2.05) is 34.9 Å². The van der Waals surface area contributed by atoms with Gasteiger partial charge in [0, 0.05) is 40.8 Å². The van der Waals surface area contributed by atoms with E-state index in [2.05, 4.69) is 52.4 Å². The van der Waals surface area contributed by atoms with Gasteiger partial charge in [-0.15, -0.1) is 10.2 Å². The van der Waals surface area contributed by atoms with E-state index in [0.717, 1.165) is 39.1 Å². The lowest BCUT2D eigenvalue weighted by Gasteiger charge is -2.06. The van der Waals surface area contributed by atoms with E-state index in [-0.39, 0.29) is 0 Å². The number of fused-ring (bicyclic) bond motifs is 1. The van der Waals surface area contributed by atoms with Crippen LogP contribution in [0.15, 0.2) is 45.6 Å². The summed E-state index contributed by atoms with van der Waals surface area (Å²) in [6.07, 6.45) is 4.60. The normalized spacial score (nSPS) is 11.1. The Hall–Kier alpha value is -1.31. The van der Waals surface area contributed by atoms with Crippen LogP contribution in [0.3, 0.4) is 0 Å². The first-order valence-electron chi connectivity index (χ1n) is 6.53. The molecule has 3 aromatic rings. The highest BCUT2D eigenvalue weighted by atomic mass is 79.9. The van der Waals surface area contributed by atoms with Gasteiger partial charge in [0.05, 0.1) is 5.69 Å². The van der Waals surface area contributed by atoms with Crippen LogP contribution in [0.25, 0.3) is 5.65 Å². The third kappa shape index (κ3) is 3.48. The standard InChI is InChI=1S/C14H13Br2N5/c15-10-7-11(16)12(18-8-10)9-17-5-4-14-20-19-13-3-1-2-6-21(13)14/h1-3,6-8,17H,4-5,9H2. The van der Waals surface area contributed by atoms with E-state index in [9.17, 15) is 0 Å². The Morgan fingerprint density at radius 3 is 2.95 bits per heavy atom. The summed E-state index contributed by atoms with van der Waals surface area (Å²) in [5.74, 6) is 0.959. The first-order valence-corrected chi connectivity index (χ1v) is 8.12. The molecule has 7 heteroatoms. The molecule has 3 rings (SSSR count). The van der Waals surface area contributed by atoms with E-state index in [1.165, 1.54) is 0 Å². The number of halogens is 2. The zero-order valence-electron chi connectivity index (χ0n) is 11.1. The third-order valence-electron chi connectivity index (χ3n) is 3.09. The van der Waals surface area contributed by atoms with Gasteiger partial charge in [0.1, 0.15) is 5.82 Å². The van der Waals surface area contributed by atoms with Crippen LogP contribution in [0.4, 0.5) is 0 Å². The molecule has 21 heavy (non-hydrogen) atoms. The number of nitrogens with one attached hydrogen (secondary N) is 1. The molecule has 0 aliphatic heterocycles. The van der Waals surface area contributed by atoms with Crippen LogP contribution < -0.4 is 5.32 Å². The smallest absolute Gasteiger partial charge is 0.160 e. The van der Waals surface area contributed by atoms with Gasteiger partial charge < -0.3 is 5.32 Å². The molecule has 0 aliphatic rings. The highest BCUT2D eigenvalue weighted by Crippen LogP contribution is 2.19. The van der Waals surface area contributed by atoms with E-state index < -0.39 is 0 Å². The largest absolute Gasteiger partial charge is 0.311 e. The maximum absolute atomic E-state index is 4.37. The second-order valence-electron chi connectivity index (χ2n) is 4.55. The SMILES string of the molecule is Brc1cnc(CNCCc2nnc3ccccn23)c(Br)c1. The summed E-state index contributed by atoms with van der Waals surface area (Å²) in [5, 5.41) is 11.7. The van der Waals surface area contributed by atoms with Crippen molar-refractivity contribution in [1.29, 1.82) is 0 Å². The molecule has 0 radical (unpaired) electrons. The predicted molar refractivity (Wildman–Crippen MR) is 88.0 cm³/mol. The summed E-state index contributed by atoms with van der Waals surface area (Å²) in [6.45, 7) is 1.53. The van der Waals surface area contributed by atoms with Crippen LogP contribution >= 0.6 is 31.9 Å². The zero-order chi connectivity index (χ0) is 14.7. The molecule has 3 aromatic heterocycles. The molecule has 1 N–H and O–H groups in total. The second kappa shape index (κ2) is 6.64. The van der Waals surface area contributed by atoms with Crippen LogP contribution in [-0.2, 0) is 13.0 Å². The summed E-state index contributed by atoms with van der Waals surface area (Å²) in [5.41, 5.74) is 1.87. The Morgan fingerprint density at radius 2 is 2.10 bits per heavy atom. The van der Waals surface area contributed by atoms with Crippen molar-refractivity contribution in [1.82, 2.24) is 24.9 Å². The van der Waals surface area contributed by atoms with E-state index in [1.54, 1.807) is 6.20 Å². The molecule has 0 aliphatic carbocycles. The highest BCUT2D eigenvalue weighted by Gasteiger charge is 2.05. The van der Waals surface area contributed by atoms with Gasteiger partial charge in [-0.1, -0.05) is 6.07 Å². The minimum absolute atomic E-state index is 0.713. The maximum atomic E-state index is 4.37. The molecule has 0 bridgehead atoms. The monoisotopic (exact) mass is 409 g/mol. The van der Waals surface area contributed by atoms with Gasteiger partial charge in [-0.2, -0.15) is 0 Å². The average Bonchev–Trinajstić information content (AvgIpc) is 2.89. The quantitative estimate of drug-likeness (QED) is 0.657. The fourth-order valence-electron chi connectivity index (χ4n) is 2.04. The molecular weight excluding hydrogens is 398 g/mol. The van der Waals surface area contributed by atoms with Crippen molar-refractivity contribution in [3.63, 3.8) is 0 Å². The second-order valence-corrected chi connectivity index (χ2v) is 6.32. The van der Waals surface area contributed by atoms with Crippen molar-refractivity contribution >= 4 is 37.5 Å². The highest BCUT2D eigenvalue weighted by molar-refractivity contribution is 9.11. The van der Waals surface area contributed by atoms with Crippen LogP contribution in [0.5, 0.6) is 0 Å². The summed E-state index contributed by atoms with van der Waals surface area (Å²) in [6, 6.07) is 7.89. The van der Waals surface area contributed by atoms with Crippen molar-refractivity contribution in [2.75, 3.05) is 6.54 Å². The number of nitrogens with zero attached hydrogens (tertiary/aromatic N) is 4. The van der Waals surface area contributed by atoms with Crippen molar-refractivity contribution in [3.8, 4) is 0 Å². The molecule has 0 saturated carbocycles. The Labute approximate surface area is 139 Å². The van der Waals surface area contributed by atoms with Crippen LogP contribution in [0.2, 0.25) is 0 Å². The lowest BCUT2D eigenvalue weighted by molar-refractivity contribution is 0.655. The fourth-order valence-corrected chi connectivity index (χ4v) is 3.17. The molecule has 0 atom stereocenters. The van der Waals surface area contributed by atoms with Gasteiger partial charge in [0.15, 0.2) is 5.65 Å². The Bertz CT molecular complexity index is 756. The lowest BCUT2D eigenvalue weighted by Crippen LogP contribution is -2.18. The van der Waals surface area contributed by atoms with Gasteiger partial charge in [-0.3, -0.25) is 9.38 Å². The number of rotatable bonds is 5. The number of hydrogen-bond donors (Lipinski definition) is 1. The van der Waals surface area contributed by atoms with E-state index in [4.69, 9.17) is 0 Å². The number of pyridine rings is 2. The van der Waals surface area contributed by atoms with Crippen molar-refractivity contribution in [2.45, 2.75) is 13.0 Å². The summed E-state index contributed by atoms with van der Waals surface area (Å²) in [4.78, 5) is 4.37. The lowest BCUT2D eigenvalue weighted by atomic mass is 10.3. The molecule has 0 unspecified atom stereocenters. The van der Waals surface area contributed by atoms with E-state index >= 15 is 0 Å². The zero-order valence-corrected chi connectivity index (χ0v) is 14.3. The maximum Gasteiger partial charge on any atom is 0.160 e. The van der Waals surface area contributed by atoms with Crippen molar-refractivity contribution in [2.24, 2.45) is 0 Å². The van der Waals surface area contributed by atoms with E-state index in [0.29, 0.717) is 6.54 Å². The molecular formula is C14H13Br2N5. The summed E-state index contributed by atoms with van der Waals surface area (Å²) < 4.78 is 3.97. The molecule has 108 valence electrons. The van der Waals surface area contributed by atoms with Crippen molar-refractivity contribution in [3.05, 3.63) is 57.1 Å². The summed E-state index contributed by atoms with van der Waals surface area (Å²) >= 11 is 6.91. The first kappa shape index (κ1) is 14.6. The molecule has 3 heterocycles. The van der Waals surface area contributed by atoms with Gasteiger partial charge in [0.2, 0.25) is 0 Å². The van der Waals surface area contributed by atoms with Crippen LogP contribution in [-0.4, -0.2) is 26.1 Å². The summed E-state index contributed by atoms with van der Waals surface area (Å²) in [7, 11) is 0. The van der Waals surface area contributed by atoms with Crippen molar-refractivity contribution < 1.29 is 0 Å². The van der Waals surface area contributed by atoms with Gasteiger partial charge in [0.25, 0.3) is 0 Å². The topological polar surface area (TPSA) is 55.1 Å². The van der Waals surface area contributed by atoms with Crippen LogP contribution in [0.1, 0.15) is 11.5 Å². The van der Waals surface area contributed by atoms with Gasteiger partial charge in [-0.25, -0.2) is 0 Å². The number of hydrogen-bond acceptors (Lipinski definition) is 4.